The largest absolute Gasteiger partial charge is 0.481 e. The zero-order chi connectivity index (χ0) is 13.0. The van der Waals surface area contributed by atoms with Crippen LogP contribution in [0.25, 0.3) is 0 Å². The SMILES string of the molecule is CC(CN1CCOCC1)(C(=O)O)c1ccccc1. The van der Waals surface area contributed by atoms with Crippen LogP contribution in [-0.2, 0) is 14.9 Å². The maximum atomic E-state index is 11.6. The van der Waals surface area contributed by atoms with Gasteiger partial charge in [0, 0.05) is 19.6 Å². The second kappa shape index (κ2) is 5.50. The molecule has 18 heavy (non-hydrogen) atoms. The molecule has 0 bridgehead atoms. The number of carbonyl (C=O) groups is 1. The fraction of sp³-hybridized carbons (Fsp3) is 0.500. The maximum absolute atomic E-state index is 11.6. The molecule has 0 aromatic heterocycles. The first-order chi connectivity index (χ1) is 8.63. The van der Waals surface area contributed by atoms with Crippen molar-refractivity contribution >= 4 is 5.97 Å². The van der Waals surface area contributed by atoms with Gasteiger partial charge in [0.05, 0.1) is 13.2 Å². The highest BCUT2D eigenvalue weighted by atomic mass is 16.5. The Labute approximate surface area is 107 Å². The minimum atomic E-state index is -0.863. The van der Waals surface area contributed by atoms with Crippen LogP contribution in [0.15, 0.2) is 30.3 Å². The van der Waals surface area contributed by atoms with Gasteiger partial charge in [0.1, 0.15) is 5.41 Å². The maximum Gasteiger partial charge on any atom is 0.315 e. The van der Waals surface area contributed by atoms with Crippen molar-refractivity contribution in [3.63, 3.8) is 0 Å². The van der Waals surface area contributed by atoms with E-state index >= 15 is 0 Å². The molecule has 0 saturated carbocycles. The molecular formula is C14H19NO3. The summed E-state index contributed by atoms with van der Waals surface area (Å²) in [7, 11) is 0. The van der Waals surface area contributed by atoms with Gasteiger partial charge in [-0.1, -0.05) is 30.3 Å². The fourth-order valence-corrected chi connectivity index (χ4v) is 2.29. The number of nitrogens with zero attached hydrogens (tertiary/aromatic N) is 1. The molecule has 1 aliphatic rings. The predicted octanol–water partition coefficient (Wildman–Crippen LogP) is 1.36. The number of morpholine rings is 1. The quantitative estimate of drug-likeness (QED) is 0.875. The van der Waals surface area contributed by atoms with E-state index in [1.165, 1.54) is 0 Å². The normalized spacial score (nSPS) is 20.3. The van der Waals surface area contributed by atoms with Crippen molar-refractivity contribution < 1.29 is 14.6 Å². The van der Waals surface area contributed by atoms with Crippen LogP contribution in [0.1, 0.15) is 12.5 Å². The lowest BCUT2D eigenvalue weighted by Gasteiger charge is -2.34. The molecule has 1 heterocycles. The van der Waals surface area contributed by atoms with E-state index in [0.717, 1.165) is 18.7 Å². The third-order valence-electron chi connectivity index (χ3n) is 3.53. The molecule has 1 fully saturated rings. The van der Waals surface area contributed by atoms with Crippen LogP contribution >= 0.6 is 0 Å². The van der Waals surface area contributed by atoms with Crippen molar-refractivity contribution in [3.8, 4) is 0 Å². The summed E-state index contributed by atoms with van der Waals surface area (Å²) in [5, 5.41) is 9.56. The van der Waals surface area contributed by atoms with Crippen LogP contribution in [0.5, 0.6) is 0 Å². The number of hydrogen-bond donors (Lipinski definition) is 1. The van der Waals surface area contributed by atoms with Crippen molar-refractivity contribution in [1.29, 1.82) is 0 Å². The lowest BCUT2D eigenvalue weighted by atomic mass is 9.82. The molecule has 1 unspecified atom stereocenters. The number of carboxylic acids is 1. The standard InChI is InChI=1S/C14H19NO3/c1-14(13(16)17,12-5-3-2-4-6-12)11-15-7-9-18-10-8-15/h2-6H,7-11H2,1H3,(H,16,17). The molecule has 4 heteroatoms. The van der Waals surface area contributed by atoms with E-state index in [4.69, 9.17) is 4.74 Å². The van der Waals surface area contributed by atoms with Gasteiger partial charge >= 0.3 is 5.97 Å². The Kier molecular flexibility index (Phi) is 3.99. The van der Waals surface area contributed by atoms with Crippen molar-refractivity contribution in [3.05, 3.63) is 35.9 Å². The fourth-order valence-electron chi connectivity index (χ4n) is 2.29. The number of carboxylic acid groups (broad SMARTS) is 1. The third-order valence-corrected chi connectivity index (χ3v) is 3.53. The topological polar surface area (TPSA) is 49.8 Å². The Morgan fingerprint density at radius 2 is 1.94 bits per heavy atom. The molecule has 1 aromatic carbocycles. The van der Waals surface area contributed by atoms with Crippen LogP contribution in [0, 0.1) is 0 Å². The lowest BCUT2D eigenvalue weighted by Crippen LogP contribution is -2.48. The summed E-state index contributed by atoms with van der Waals surface area (Å²) in [5.74, 6) is -0.778. The summed E-state index contributed by atoms with van der Waals surface area (Å²) in [6.07, 6.45) is 0. The first-order valence-corrected chi connectivity index (χ1v) is 6.22. The number of benzene rings is 1. The average Bonchev–Trinajstić information content (AvgIpc) is 2.40. The van der Waals surface area contributed by atoms with Crippen molar-refractivity contribution in [1.82, 2.24) is 4.90 Å². The van der Waals surface area contributed by atoms with E-state index in [-0.39, 0.29) is 0 Å². The molecule has 0 radical (unpaired) electrons. The minimum absolute atomic E-state index is 0.524. The molecule has 0 amide bonds. The van der Waals surface area contributed by atoms with Crippen LogP contribution in [0.4, 0.5) is 0 Å². The van der Waals surface area contributed by atoms with Gasteiger partial charge in [-0.2, -0.15) is 0 Å². The van der Waals surface area contributed by atoms with Crippen LogP contribution < -0.4 is 0 Å². The number of rotatable bonds is 4. The number of aliphatic carboxylic acids is 1. The first kappa shape index (κ1) is 13.1. The second-order valence-corrected chi connectivity index (χ2v) is 4.89. The molecule has 1 saturated heterocycles. The van der Waals surface area contributed by atoms with Gasteiger partial charge in [-0.05, 0) is 12.5 Å². The molecule has 98 valence electrons. The second-order valence-electron chi connectivity index (χ2n) is 4.89. The molecule has 1 atom stereocenters. The third kappa shape index (κ3) is 2.71. The van der Waals surface area contributed by atoms with Crippen molar-refractivity contribution in [2.24, 2.45) is 0 Å². The zero-order valence-electron chi connectivity index (χ0n) is 10.6. The van der Waals surface area contributed by atoms with Gasteiger partial charge in [0.25, 0.3) is 0 Å². The van der Waals surface area contributed by atoms with Gasteiger partial charge < -0.3 is 9.84 Å². The Morgan fingerprint density at radius 1 is 1.33 bits per heavy atom. The van der Waals surface area contributed by atoms with E-state index in [0.29, 0.717) is 19.8 Å². The van der Waals surface area contributed by atoms with Crippen LogP contribution in [0.2, 0.25) is 0 Å². The zero-order valence-corrected chi connectivity index (χ0v) is 10.6. The van der Waals surface area contributed by atoms with Crippen molar-refractivity contribution in [2.75, 3.05) is 32.8 Å². The van der Waals surface area contributed by atoms with E-state index < -0.39 is 11.4 Å². The molecule has 4 nitrogen and oxygen atoms in total. The summed E-state index contributed by atoms with van der Waals surface area (Å²) >= 11 is 0. The highest BCUT2D eigenvalue weighted by Crippen LogP contribution is 2.25. The van der Waals surface area contributed by atoms with Crippen LogP contribution in [-0.4, -0.2) is 48.8 Å². The number of ether oxygens (including phenoxy) is 1. The van der Waals surface area contributed by atoms with Gasteiger partial charge in [0.15, 0.2) is 0 Å². The predicted molar refractivity (Wildman–Crippen MR) is 68.7 cm³/mol. The first-order valence-electron chi connectivity index (χ1n) is 6.22. The highest BCUT2D eigenvalue weighted by molar-refractivity contribution is 5.81. The molecule has 1 aromatic rings. The van der Waals surface area contributed by atoms with E-state index in [9.17, 15) is 9.90 Å². The van der Waals surface area contributed by atoms with E-state index in [1.807, 2.05) is 30.3 Å². The summed E-state index contributed by atoms with van der Waals surface area (Å²) < 4.78 is 5.29. The summed E-state index contributed by atoms with van der Waals surface area (Å²) in [5.41, 5.74) is -0.0116. The Morgan fingerprint density at radius 3 is 2.50 bits per heavy atom. The van der Waals surface area contributed by atoms with Gasteiger partial charge in [-0.3, -0.25) is 9.69 Å². The summed E-state index contributed by atoms with van der Waals surface area (Å²) in [6, 6.07) is 9.44. The van der Waals surface area contributed by atoms with Gasteiger partial charge in [-0.15, -0.1) is 0 Å². The minimum Gasteiger partial charge on any atom is -0.481 e. The van der Waals surface area contributed by atoms with Gasteiger partial charge in [0.2, 0.25) is 0 Å². The van der Waals surface area contributed by atoms with Crippen LogP contribution in [0.3, 0.4) is 0 Å². The molecule has 1 aliphatic heterocycles. The molecule has 2 rings (SSSR count). The smallest absolute Gasteiger partial charge is 0.315 e. The highest BCUT2D eigenvalue weighted by Gasteiger charge is 2.37. The molecule has 0 spiro atoms. The van der Waals surface area contributed by atoms with Crippen molar-refractivity contribution in [2.45, 2.75) is 12.3 Å². The Hall–Kier alpha value is -1.39. The summed E-state index contributed by atoms with van der Waals surface area (Å²) in [4.78, 5) is 13.8. The lowest BCUT2D eigenvalue weighted by molar-refractivity contribution is -0.144. The average molecular weight is 249 g/mol. The molecule has 1 N–H and O–H groups in total. The van der Waals surface area contributed by atoms with Gasteiger partial charge in [-0.25, -0.2) is 0 Å². The molecule has 0 aliphatic carbocycles. The summed E-state index contributed by atoms with van der Waals surface area (Å²) in [6.45, 7) is 5.29. The number of hydrogen-bond acceptors (Lipinski definition) is 3. The Bertz CT molecular complexity index is 401. The monoisotopic (exact) mass is 249 g/mol. The van der Waals surface area contributed by atoms with E-state index in [1.54, 1.807) is 6.92 Å². The Balaban J connectivity index is 2.19. The molecular weight excluding hydrogens is 230 g/mol. The van der Waals surface area contributed by atoms with E-state index in [2.05, 4.69) is 4.90 Å².